The number of anilines is 5. The SMILES string of the molecule is O=C1Cc2ccc(Nc3cccc(NC(=O)Nc4cc(F)c(F)c(F)c4)c3)cc2N1. The zero-order valence-electron chi connectivity index (χ0n) is 15.4. The first-order chi connectivity index (χ1) is 14.4. The quantitative estimate of drug-likeness (QED) is 0.456. The van der Waals surface area contributed by atoms with Crippen LogP contribution in [0.25, 0.3) is 0 Å². The third kappa shape index (κ3) is 4.19. The molecule has 0 atom stereocenters. The normalized spacial score (nSPS) is 12.2. The lowest BCUT2D eigenvalue weighted by Crippen LogP contribution is -2.19. The molecule has 0 unspecified atom stereocenters. The number of nitrogens with one attached hydrogen (secondary N) is 4. The largest absolute Gasteiger partial charge is 0.355 e. The maximum atomic E-state index is 13.3. The Bertz CT molecular complexity index is 1140. The van der Waals surface area contributed by atoms with Crippen molar-refractivity contribution < 1.29 is 22.8 Å². The predicted octanol–water partition coefficient (Wildman–Crippen LogP) is 4.99. The van der Waals surface area contributed by atoms with E-state index in [4.69, 9.17) is 0 Å². The van der Waals surface area contributed by atoms with E-state index in [1.807, 2.05) is 18.2 Å². The van der Waals surface area contributed by atoms with Gasteiger partial charge in [-0.3, -0.25) is 4.79 Å². The number of fused-ring (bicyclic) bond motifs is 1. The van der Waals surface area contributed by atoms with Crippen molar-refractivity contribution in [3.8, 4) is 0 Å². The number of benzene rings is 3. The van der Waals surface area contributed by atoms with E-state index in [-0.39, 0.29) is 11.6 Å². The second-order valence-electron chi connectivity index (χ2n) is 6.64. The number of amides is 3. The topological polar surface area (TPSA) is 82.3 Å². The molecule has 0 bridgehead atoms. The van der Waals surface area contributed by atoms with E-state index in [2.05, 4.69) is 21.3 Å². The molecule has 152 valence electrons. The molecule has 0 spiro atoms. The highest BCUT2D eigenvalue weighted by atomic mass is 19.2. The minimum Gasteiger partial charge on any atom is -0.355 e. The summed E-state index contributed by atoms with van der Waals surface area (Å²) in [7, 11) is 0. The first-order valence-electron chi connectivity index (χ1n) is 8.90. The molecule has 3 aromatic rings. The highest BCUT2D eigenvalue weighted by Gasteiger charge is 2.17. The van der Waals surface area contributed by atoms with Gasteiger partial charge in [-0.05, 0) is 35.9 Å². The van der Waals surface area contributed by atoms with Gasteiger partial charge in [0.2, 0.25) is 5.91 Å². The highest BCUT2D eigenvalue weighted by Crippen LogP contribution is 2.28. The molecule has 4 rings (SSSR count). The molecule has 3 amide bonds. The van der Waals surface area contributed by atoms with Crippen molar-refractivity contribution in [2.75, 3.05) is 21.3 Å². The molecule has 4 N–H and O–H groups in total. The molecular formula is C21H15F3N4O2. The van der Waals surface area contributed by atoms with Crippen molar-refractivity contribution in [3.63, 3.8) is 0 Å². The molecular weight excluding hydrogens is 397 g/mol. The standard InChI is InChI=1S/C21H15F3N4O2/c22-16-8-15(9-17(23)20(16)24)27-21(30)26-13-3-1-2-12(7-13)25-14-5-4-11-6-19(29)28-18(11)10-14/h1-5,7-10,25H,6H2,(H,28,29)(H2,26,27,30). The summed E-state index contributed by atoms with van der Waals surface area (Å²) in [5, 5.41) is 10.7. The van der Waals surface area contributed by atoms with E-state index in [9.17, 15) is 22.8 Å². The summed E-state index contributed by atoms with van der Waals surface area (Å²) in [6.07, 6.45) is 0.353. The second-order valence-corrected chi connectivity index (χ2v) is 6.64. The molecule has 0 aliphatic carbocycles. The molecule has 30 heavy (non-hydrogen) atoms. The molecule has 0 aromatic heterocycles. The van der Waals surface area contributed by atoms with Gasteiger partial charge in [-0.25, -0.2) is 18.0 Å². The first kappa shape index (κ1) is 19.3. The molecule has 1 aliphatic rings. The summed E-state index contributed by atoms with van der Waals surface area (Å²) in [6, 6.07) is 12.9. The molecule has 0 saturated heterocycles. The summed E-state index contributed by atoms with van der Waals surface area (Å²) < 4.78 is 39.5. The van der Waals surface area contributed by atoms with E-state index in [1.165, 1.54) is 0 Å². The molecule has 1 heterocycles. The number of carbonyl (C=O) groups is 2. The van der Waals surface area contributed by atoms with Gasteiger partial charge >= 0.3 is 6.03 Å². The Morgan fingerprint density at radius 1 is 0.833 bits per heavy atom. The van der Waals surface area contributed by atoms with Gasteiger partial charge in [0.05, 0.1) is 6.42 Å². The number of rotatable bonds is 4. The smallest absolute Gasteiger partial charge is 0.323 e. The Morgan fingerprint density at radius 2 is 1.50 bits per heavy atom. The Labute approximate surface area is 169 Å². The average Bonchev–Trinajstić information content (AvgIpc) is 3.05. The monoisotopic (exact) mass is 412 g/mol. The lowest BCUT2D eigenvalue weighted by molar-refractivity contribution is -0.115. The van der Waals surface area contributed by atoms with Crippen LogP contribution in [0.4, 0.5) is 46.4 Å². The van der Waals surface area contributed by atoms with Crippen LogP contribution in [0, 0.1) is 17.5 Å². The molecule has 0 fully saturated rings. The first-order valence-corrected chi connectivity index (χ1v) is 8.90. The van der Waals surface area contributed by atoms with Crippen LogP contribution in [-0.4, -0.2) is 11.9 Å². The van der Waals surface area contributed by atoms with Crippen LogP contribution in [0.1, 0.15) is 5.56 Å². The number of hydrogen-bond acceptors (Lipinski definition) is 3. The zero-order chi connectivity index (χ0) is 21.3. The molecule has 3 aromatic carbocycles. The Hall–Kier alpha value is -4.01. The number of urea groups is 1. The van der Waals surface area contributed by atoms with E-state index >= 15 is 0 Å². The van der Waals surface area contributed by atoms with Gasteiger partial charge in [-0.1, -0.05) is 12.1 Å². The zero-order valence-corrected chi connectivity index (χ0v) is 15.4. The number of hydrogen-bond donors (Lipinski definition) is 4. The van der Waals surface area contributed by atoms with Crippen molar-refractivity contribution in [1.82, 2.24) is 0 Å². The third-order valence-electron chi connectivity index (χ3n) is 4.39. The van der Waals surface area contributed by atoms with Crippen LogP contribution in [-0.2, 0) is 11.2 Å². The minimum atomic E-state index is -1.61. The second kappa shape index (κ2) is 7.78. The van der Waals surface area contributed by atoms with Gasteiger partial charge in [0.15, 0.2) is 17.5 Å². The van der Waals surface area contributed by atoms with Gasteiger partial charge in [0.25, 0.3) is 0 Å². The summed E-state index contributed by atoms with van der Waals surface area (Å²) in [6.45, 7) is 0. The molecule has 1 aliphatic heterocycles. The van der Waals surface area contributed by atoms with Gasteiger partial charge in [-0.2, -0.15) is 0 Å². The van der Waals surface area contributed by atoms with Crippen molar-refractivity contribution in [2.45, 2.75) is 6.42 Å². The van der Waals surface area contributed by atoms with Crippen LogP contribution in [0.5, 0.6) is 0 Å². The van der Waals surface area contributed by atoms with Gasteiger partial charge < -0.3 is 21.3 Å². The van der Waals surface area contributed by atoms with E-state index in [1.54, 1.807) is 24.3 Å². The van der Waals surface area contributed by atoms with E-state index in [0.717, 1.165) is 16.9 Å². The Balaban J connectivity index is 1.43. The summed E-state index contributed by atoms with van der Waals surface area (Å²) in [4.78, 5) is 23.6. The highest BCUT2D eigenvalue weighted by molar-refractivity contribution is 6.00. The molecule has 6 nitrogen and oxygen atoms in total. The van der Waals surface area contributed by atoms with E-state index < -0.39 is 23.5 Å². The van der Waals surface area contributed by atoms with Gasteiger partial charge in [0, 0.05) is 40.6 Å². The third-order valence-corrected chi connectivity index (χ3v) is 4.39. The Kier molecular flexibility index (Phi) is 5.01. The summed E-state index contributed by atoms with van der Waals surface area (Å²) >= 11 is 0. The number of halogens is 3. The lowest BCUT2D eigenvalue weighted by Gasteiger charge is -2.11. The van der Waals surface area contributed by atoms with Crippen molar-refractivity contribution in [2.24, 2.45) is 0 Å². The fraction of sp³-hybridized carbons (Fsp3) is 0.0476. The van der Waals surface area contributed by atoms with E-state index in [0.29, 0.717) is 29.9 Å². The van der Waals surface area contributed by atoms with Crippen molar-refractivity contribution >= 4 is 40.4 Å². The minimum absolute atomic E-state index is 0.0553. The maximum Gasteiger partial charge on any atom is 0.323 e. The van der Waals surface area contributed by atoms with Gasteiger partial charge in [0.1, 0.15) is 0 Å². The fourth-order valence-electron chi connectivity index (χ4n) is 3.05. The van der Waals surface area contributed by atoms with Crippen LogP contribution < -0.4 is 21.3 Å². The van der Waals surface area contributed by atoms with Crippen LogP contribution in [0.2, 0.25) is 0 Å². The molecule has 0 saturated carbocycles. The fourth-order valence-corrected chi connectivity index (χ4v) is 3.05. The summed E-state index contributed by atoms with van der Waals surface area (Å²) in [5.41, 5.74) is 3.27. The van der Waals surface area contributed by atoms with Gasteiger partial charge in [-0.15, -0.1) is 0 Å². The van der Waals surface area contributed by atoms with Crippen LogP contribution in [0.15, 0.2) is 54.6 Å². The van der Waals surface area contributed by atoms with Crippen LogP contribution >= 0.6 is 0 Å². The average molecular weight is 412 g/mol. The lowest BCUT2D eigenvalue weighted by atomic mass is 10.1. The van der Waals surface area contributed by atoms with Crippen molar-refractivity contribution in [3.05, 3.63) is 77.6 Å². The summed E-state index contributed by atoms with van der Waals surface area (Å²) in [5.74, 6) is -4.46. The predicted molar refractivity (Wildman–Crippen MR) is 107 cm³/mol. The Morgan fingerprint density at radius 3 is 2.27 bits per heavy atom. The van der Waals surface area contributed by atoms with Crippen LogP contribution in [0.3, 0.4) is 0 Å². The molecule has 0 radical (unpaired) electrons. The molecule has 9 heteroatoms. The maximum absolute atomic E-state index is 13.3. The van der Waals surface area contributed by atoms with Crippen molar-refractivity contribution in [1.29, 1.82) is 0 Å². The number of carbonyl (C=O) groups excluding carboxylic acids is 2.